The summed E-state index contributed by atoms with van der Waals surface area (Å²) in [6, 6.07) is 9.47. The zero-order valence-corrected chi connectivity index (χ0v) is 14.2. The molecular formula is C16H19BrFNS. The Morgan fingerprint density at radius 3 is 2.65 bits per heavy atom. The summed E-state index contributed by atoms with van der Waals surface area (Å²) in [5, 5.41) is 3.45. The minimum absolute atomic E-state index is 0.0617. The highest BCUT2D eigenvalue weighted by Crippen LogP contribution is 2.31. The number of rotatable bonds is 6. The lowest BCUT2D eigenvalue weighted by Gasteiger charge is -2.18. The van der Waals surface area contributed by atoms with Crippen LogP contribution in [0.1, 0.15) is 41.6 Å². The first-order valence-corrected chi connectivity index (χ1v) is 8.53. The first-order valence-electron chi connectivity index (χ1n) is 6.92. The smallest absolute Gasteiger partial charge is 0.129 e. The van der Waals surface area contributed by atoms with E-state index in [-0.39, 0.29) is 11.9 Å². The number of hydrogen-bond acceptors (Lipinski definition) is 2. The molecule has 0 fully saturated rings. The summed E-state index contributed by atoms with van der Waals surface area (Å²) in [7, 11) is 0. The molecule has 20 heavy (non-hydrogen) atoms. The van der Waals surface area contributed by atoms with Crippen LogP contribution in [0, 0.1) is 5.82 Å². The lowest BCUT2D eigenvalue weighted by Crippen LogP contribution is -2.23. The van der Waals surface area contributed by atoms with Crippen LogP contribution in [0.5, 0.6) is 0 Å². The Labute approximate surface area is 132 Å². The molecule has 0 aliphatic heterocycles. The average molecular weight is 356 g/mol. The molecule has 0 aliphatic rings. The van der Waals surface area contributed by atoms with Crippen molar-refractivity contribution in [3.63, 3.8) is 0 Å². The van der Waals surface area contributed by atoms with Crippen molar-refractivity contribution < 1.29 is 4.39 Å². The molecule has 0 saturated heterocycles. The molecule has 1 unspecified atom stereocenters. The van der Waals surface area contributed by atoms with Gasteiger partial charge in [0.05, 0.1) is 6.04 Å². The second kappa shape index (κ2) is 7.34. The van der Waals surface area contributed by atoms with E-state index in [1.807, 2.05) is 12.1 Å². The van der Waals surface area contributed by atoms with E-state index in [0.717, 1.165) is 23.9 Å². The number of aryl methyl sites for hydroxylation is 1. The Bertz CT molecular complexity index is 567. The summed E-state index contributed by atoms with van der Waals surface area (Å²) in [5.41, 5.74) is 0.714. The maximum atomic E-state index is 14.2. The molecule has 1 atom stereocenters. The first-order chi connectivity index (χ1) is 9.65. The monoisotopic (exact) mass is 355 g/mol. The van der Waals surface area contributed by atoms with Gasteiger partial charge in [-0.05, 0) is 43.7 Å². The lowest BCUT2D eigenvalue weighted by molar-refractivity contribution is 0.550. The third kappa shape index (κ3) is 3.68. The van der Waals surface area contributed by atoms with Crippen LogP contribution in [-0.2, 0) is 6.42 Å². The molecule has 0 amide bonds. The molecule has 2 rings (SSSR count). The van der Waals surface area contributed by atoms with Gasteiger partial charge in [0, 0.05) is 19.8 Å². The second-order valence-electron chi connectivity index (χ2n) is 4.71. The molecule has 4 heteroatoms. The number of nitrogens with one attached hydrogen (secondary N) is 1. The van der Waals surface area contributed by atoms with Crippen molar-refractivity contribution in [2.45, 2.75) is 32.7 Å². The SMILES string of the molecule is CCCNC(c1ccc(CC)s1)c1ccc(Br)cc1F. The minimum Gasteiger partial charge on any atom is -0.306 e. The van der Waals surface area contributed by atoms with Crippen molar-refractivity contribution in [1.82, 2.24) is 5.32 Å². The van der Waals surface area contributed by atoms with Gasteiger partial charge in [0.25, 0.3) is 0 Å². The highest BCUT2D eigenvalue weighted by molar-refractivity contribution is 9.10. The molecule has 1 aromatic carbocycles. The topological polar surface area (TPSA) is 12.0 Å². The third-order valence-corrected chi connectivity index (χ3v) is 4.98. The summed E-state index contributed by atoms with van der Waals surface area (Å²) in [6.45, 7) is 5.14. The van der Waals surface area contributed by atoms with Crippen LogP contribution >= 0.6 is 27.3 Å². The lowest BCUT2D eigenvalue weighted by atomic mass is 10.0. The van der Waals surface area contributed by atoms with Crippen LogP contribution in [-0.4, -0.2) is 6.54 Å². The number of thiophene rings is 1. The summed E-state index contributed by atoms with van der Waals surface area (Å²) in [6.07, 6.45) is 2.05. The largest absolute Gasteiger partial charge is 0.306 e. The van der Waals surface area contributed by atoms with E-state index in [2.05, 4.69) is 47.2 Å². The van der Waals surface area contributed by atoms with E-state index >= 15 is 0 Å². The van der Waals surface area contributed by atoms with Crippen molar-refractivity contribution in [3.8, 4) is 0 Å². The molecule has 1 N–H and O–H groups in total. The molecular weight excluding hydrogens is 337 g/mol. The maximum Gasteiger partial charge on any atom is 0.129 e. The van der Waals surface area contributed by atoms with E-state index in [0.29, 0.717) is 5.56 Å². The molecule has 1 aromatic heterocycles. The zero-order valence-electron chi connectivity index (χ0n) is 11.7. The van der Waals surface area contributed by atoms with E-state index in [4.69, 9.17) is 0 Å². The van der Waals surface area contributed by atoms with E-state index in [9.17, 15) is 4.39 Å². The Kier molecular flexibility index (Phi) is 5.75. The fraction of sp³-hybridized carbons (Fsp3) is 0.375. The van der Waals surface area contributed by atoms with Gasteiger partial charge in [0.15, 0.2) is 0 Å². The van der Waals surface area contributed by atoms with Crippen LogP contribution in [0.25, 0.3) is 0 Å². The van der Waals surface area contributed by atoms with Crippen LogP contribution < -0.4 is 5.32 Å². The fourth-order valence-corrected chi connectivity index (χ4v) is 3.51. The predicted molar refractivity (Wildman–Crippen MR) is 87.9 cm³/mol. The number of hydrogen-bond donors (Lipinski definition) is 1. The van der Waals surface area contributed by atoms with Crippen LogP contribution in [0.15, 0.2) is 34.8 Å². The average Bonchev–Trinajstić information content (AvgIpc) is 2.90. The highest BCUT2D eigenvalue weighted by Gasteiger charge is 2.19. The quantitative estimate of drug-likeness (QED) is 0.741. The number of benzene rings is 1. The van der Waals surface area contributed by atoms with Crippen molar-refractivity contribution in [3.05, 3.63) is 55.9 Å². The van der Waals surface area contributed by atoms with E-state index in [1.165, 1.54) is 15.8 Å². The Balaban J connectivity index is 2.35. The van der Waals surface area contributed by atoms with Crippen LogP contribution in [0.3, 0.4) is 0 Å². The maximum absolute atomic E-state index is 14.2. The van der Waals surface area contributed by atoms with Gasteiger partial charge in [-0.25, -0.2) is 4.39 Å². The fourth-order valence-electron chi connectivity index (χ4n) is 2.13. The van der Waals surface area contributed by atoms with Gasteiger partial charge in [-0.1, -0.05) is 35.8 Å². The van der Waals surface area contributed by atoms with Crippen LogP contribution in [0.4, 0.5) is 4.39 Å². The normalized spacial score (nSPS) is 12.6. The third-order valence-electron chi connectivity index (χ3n) is 3.19. The summed E-state index contributed by atoms with van der Waals surface area (Å²) in [4.78, 5) is 2.51. The summed E-state index contributed by atoms with van der Waals surface area (Å²) in [5.74, 6) is -0.167. The zero-order chi connectivity index (χ0) is 14.5. The Morgan fingerprint density at radius 1 is 1.25 bits per heavy atom. The van der Waals surface area contributed by atoms with Gasteiger partial charge in [0.2, 0.25) is 0 Å². The van der Waals surface area contributed by atoms with Gasteiger partial charge in [-0.2, -0.15) is 0 Å². The standard InChI is InChI=1S/C16H19BrFNS/c1-3-9-19-16(15-8-6-12(4-2)20-15)13-7-5-11(17)10-14(13)18/h5-8,10,16,19H,3-4,9H2,1-2H3. The summed E-state index contributed by atoms with van der Waals surface area (Å²) >= 11 is 5.07. The molecule has 1 nitrogen and oxygen atoms in total. The van der Waals surface area contributed by atoms with Crippen molar-refractivity contribution in [1.29, 1.82) is 0 Å². The van der Waals surface area contributed by atoms with Gasteiger partial charge in [0.1, 0.15) is 5.82 Å². The van der Waals surface area contributed by atoms with Crippen molar-refractivity contribution in [2.24, 2.45) is 0 Å². The van der Waals surface area contributed by atoms with Gasteiger partial charge in [-0.3, -0.25) is 0 Å². The van der Waals surface area contributed by atoms with Crippen molar-refractivity contribution in [2.75, 3.05) is 6.54 Å². The Hall–Kier alpha value is -0.710. The van der Waals surface area contributed by atoms with Gasteiger partial charge >= 0.3 is 0 Å². The molecule has 1 heterocycles. The molecule has 0 bridgehead atoms. The van der Waals surface area contributed by atoms with Crippen LogP contribution in [0.2, 0.25) is 0 Å². The Morgan fingerprint density at radius 2 is 2.05 bits per heavy atom. The first kappa shape index (κ1) is 15.7. The minimum atomic E-state index is -0.167. The molecule has 0 saturated carbocycles. The van der Waals surface area contributed by atoms with Gasteiger partial charge in [-0.15, -0.1) is 11.3 Å². The molecule has 2 aromatic rings. The van der Waals surface area contributed by atoms with Gasteiger partial charge < -0.3 is 5.32 Å². The van der Waals surface area contributed by atoms with Crippen molar-refractivity contribution >= 4 is 27.3 Å². The van der Waals surface area contributed by atoms with E-state index < -0.39 is 0 Å². The molecule has 0 aliphatic carbocycles. The highest BCUT2D eigenvalue weighted by atomic mass is 79.9. The predicted octanol–water partition coefficient (Wildman–Crippen LogP) is 5.30. The second-order valence-corrected chi connectivity index (χ2v) is 6.83. The summed E-state index contributed by atoms with van der Waals surface area (Å²) < 4.78 is 15.0. The number of halogens is 2. The van der Waals surface area contributed by atoms with E-state index in [1.54, 1.807) is 11.3 Å². The molecule has 0 spiro atoms. The molecule has 108 valence electrons. The molecule has 0 radical (unpaired) electrons.